The Morgan fingerprint density at radius 3 is 2.33 bits per heavy atom. The second-order valence-electron chi connectivity index (χ2n) is 3.10. The Bertz CT molecular complexity index is 446. The predicted molar refractivity (Wildman–Crippen MR) is 65.6 cm³/mol. The van der Waals surface area contributed by atoms with Gasteiger partial charge in [-0.3, -0.25) is 9.11 Å². The van der Waals surface area contributed by atoms with Crippen LogP contribution in [0, 0.1) is 0 Å². The van der Waals surface area contributed by atoms with Crippen molar-refractivity contribution in [2.75, 3.05) is 13.2 Å². The highest BCUT2D eigenvalue weighted by Crippen LogP contribution is 2.18. The van der Waals surface area contributed by atoms with Gasteiger partial charge in [0, 0.05) is 0 Å². The van der Waals surface area contributed by atoms with Crippen LogP contribution in [0.4, 0.5) is 0 Å². The lowest BCUT2D eigenvalue weighted by atomic mass is 10.1. The lowest BCUT2D eigenvalue weighted by Gasteiger charge is -2.07. The summed E-state index contributed by atoms with van der Waals surface area (Å²) in [5, 5.41) is 10.2. The third-order valence-electron chi connectivity index (χ3n) is 1.68. The molecule has 1 radical (unpaired) electrons. The third kappa shape index (κ3) is 9.79. The van der Waals surface area contributed by atoms with E-state index in [2.05, 4.69) is 6.58 Å². The van der Waals surface area contributed by atoms with Crippen LogP contribution in [0.5, 0.6) is 5.75 Å². The molecule has 0 heterocycles. The number of para-hydroxylation sites is 1. The fourth-order valence-corrected chi connectivity index (χ4v) is 1.12. The minimum atomic E-state index is -4.67. The average Bonchev–Trinajstić information content (AvgIpc) is 2.26. The van der Waals surface area contributed by atoms with E-state index in [1.165, 1.54) is 0 Å². The molecule has 2 N–H and O–H groups in total. The minimum Gasteiger partial charge on any atom is -0.491 e. The summed E-state index contributed by atoms with van der Waals surface area (Å²) in [4.78, 5) is 0. The Kier molecular flexibility index (Phi) is 7.97. The molecule has 0 bridgehead atoms. The van der Waals surface area contributed by atoms with Gasteiger partial charge in [0.05, 0.1) is 0 Å². The summed E-state index contributed by atoms with van der Waals surface area (Å²) < 4.78 is 36.9. The molecule has 0 saturated carbocycles. The minimum absolute atomic E-state index is 0.206. The van der Waals surface area contributed by atoms with E-state index in [1.54, 1.807) is 0 Å². The highest BCUT2D eigenvalue weighted by Gasteiger charge is 1.99. The summed E-state index contributed by atoms with van der Waals surface area (Å²) in [5.74, 6) is 0.790. The number of allylic oxidation sites excluding steroid dienone is 1. The van der Waals surface area contributed by atoms with Crippen molar-refractivity contribution in [3.8, 4) is 5.75 Å². The summed E-state index contributed by atoms with van der Waals surface area (Å²) in [6.07, 6.45) is 2.59. The number of ether oxygens (including phenoxy) is 1. The van der Waals surface area contributed by atoms with E-state index in [-0.39, 0.29) is 13.2 Å². The predicted octanol–water partition coefficient (Wildman–Crippen LogP) is 1.57. The summed E-state index contributed by atoms with van der Waals surface area (Å²) in [7, 11) is -4.67. The maximum absolute atomic E-state index is 10.2. The molecule has 6 nitrogen and oxygen atoms in total. The van der Waals surface area contributed by atoms with Gasteiger partial charge in [-0.25, -0.2) is 5.11 Å². The van der Waals surface area contributed by atoms with Crippen molar-refractivity contribution >= 4 is 10.4 Å². The molecule has 0 unspecified atom stereocenters. The van der Waals surface area contributed by atoms with Gasteiger partial charge < -0.3 is 4.74 Å². The molecular formula is C11H15O6S. The van der Waals surface area contributed by atoms with Gasteiger partial charge in [0.15, 0.2) is 0 Å². The van der Waals surface area contributed by atoms with E-state index in [0.29, 0.717) is 0 Å². The van der Waals surface area contributed by atoms with Gasteiger partial charge in [-0.05, 0) is 18.1 Å². The van der Waals surface area contributed by atoms with Crippen LogP contribution < -0.4 is 4.74 Å². The van der Waals surface area contributed by atoms with Crippen molar-refractivity contribution in [1.29, 1.82) is 0 Å². The molecule has 7 heteroatoms. The smallest absolute Gasteiger partial charge is 0.394 e. The monoisotopic (exact) mass is 275 g/mol. The molecular weight excluding hydrogens is 260 g/mol. The molecule has 101 valence electrons. The van der Waals surface area contributed by atoms with Crippen LogP contribution in [0.1, 0.15) is 5.56 Å². The fraction of sp³-hybridized carbons (Fsp3) is 0.273. The Labute approximate surface area is 106 Å². The molecule has 1 rings (SSSR count). The molecule has 0 aliphatic rings. The van der Waals surface area contributed by atoms with Crippen LogP contribution in [0.25, 0.3) is 0 Å². The molecule has 0 saturated heterocycles. The van der Waals surface area contributed by atoms with Crippen LogP contribution in [-0.4, -0.2) is 30.7 Å². The molecule has 0 amide bonds. The molecule has 1 aromatic rings. The summed E-state index contributed by atoms with van der Waals surface area (Å²) in [5.41, 5.74) is 1.07. The molecule has 0 aromatic heterocycles. The van der Waals surface area contributed by atoms with E-state index in [1.807, 2.05) is 30.3 Å². The molecule has 0 fully saturated rings. The third-order valence-corrected chi connectivity index (χ3v) is 1.68. The van der Waals surface area contributed by atoms with Crippen molar-refractivity contribution in [2.24, 2.45) is 0 Å². The quantitative estimate of drug-likeness (QED) is 0.627. The van der Waals surface area contributed by atoms with Gasteiger partial charge in [-0.1, -0.05) is 24.3 Å². The van der Waals surface area contributed by atoms with Crippen LogP contribution in [0.3, 0.4) is 0 Å². The van der Waals surface area contributed by atoms with Gasteiger partial charge in [-0.2, -0.15) is 8.42 Å². The highest BCUT2D eigenvalue weighted by atomic mass is 32.3. The Balaban J connectivity index is 0.000000494. The van der Waals surface area contributed by atoms with Crippen molar-refractivity contribution in [2.45, 2.75) is 6.42 Å². The SMILES string of the molecule is C=CCc1ccccc1OCC[O].O=S(=O)(O)O. The normalized spacial score (nSPS) is 10.2. The molecule has 0 aliphatic carbocycles. The number of hydrogen-bond donors (Lipinski definition) is 2. The maximum Gasteiger partial charge on any atom is 0.394 e. The van der Waals surface area contributed by atoms with Gasteiger partial charge in [0.2, 0.25) is 0 Å². The first kappa shape index (κ1) is 16.6. The van der Waals surface area contributed by atoms with Gasteiger partial charge in [0.1, 0.15) is 19.0 Å². The first-order valence-electron chi connectivity index (χ1n) is 4.98. The summed E-state index contributed by atoms with van der Waals surface area (Å²) in [6, 6.07) is 7.69. The van der Waals surface area contributed by atoms with E-state index < -0.39 is 10.4 Å². The average molecular weight is 275 g/mol. The second-order valence-corrected chi connectivity index (χ2v) is 4.00. The molecule has 0 spiro atoms. The first-order valence-corrected chi connectivity index (χ1v) is 6.37. The zero-order valence-electron chi connectivity index (χ0n) is 9.65. The van der Waals surface area contributed by atoms with Gasteiger partial charge >= 0.3 is 10.4 Å². The Morgan fingerprint density at radius 1 is 1.28 bits per heavy atom. The van der Waals surface area contributed by atoms with Gasteiger partial charge in [0.25, 0.3) is 0 Å². The van der Waals surface area contributed by atoms with Crippen molar-refractivity contribution in [3.05, 3.63) is 42.5 Å². The zero-order valence-corrected chi connectivity index (χ0v) is 10.5. The van der Waals surface area contributed by atoms with Crippen LogP contribution in [0.2, 0.25) is 0 Å². The molecule has 1 aromatic carbocycles. The lowest BCUT2D eigenvalue weighted by molar-refractivity contribution is 0.138. The van der Waals surface area contributed by atoms with Crippen LogP contribution >= 0.6 is 0 Å². The Morgan fingerprint density at radius 2 is 1.83 bits per heavy atom. The second kappa shape index (κ2) is 8.65. The molecule has 0 atom stereocenters. The number of rotatable bonds is 5. The summed E-state index contributed by atoms with van der Waals surface area (Å²) >= 11 is 0. The lowest BCUT2D eigenvalue weighted by Crippen LogP contribution is -2.02. The topological polar surface area (TPSA) is 104 Å². The van der Waals surface area contributed by atoms with Crippen molar-refractivity contribution < 1.29 is 27.4 Å². The maximum atomic E-state index is 10.2. The standard InChI is InChI=1S/C11H13O2.H2O4S/c1-2-5-10-6-3-4-7-11(10)13-9-8-12;1-5(2,3)4/h2-4,6-7H,1,5,8-9H2;(H2,1,2,3,4). The Hall–Kier alpha value is -1.41. The van der Waals surface area contributed by atoms with E-state index >= 15 is 0 Å². The largest absolute Gasteiger partial charge is 0.491 e. The van der Waals surface area contributed by atoms with Crippen molar-refractivity contribution in [1.82, 2.24) is 0 Å². The summed E-state index contributed by atoms with van der Waals surface area (Å²) in [6.45, 7) is 3.68. The van der Waals surface area contributed by atoms with Gasteiger partial charge in [-0.15, -0.1) is 6.58 Å². The first-order chi connectivity index (χ1) is 8.38. The van der Waals surface area contributed by atoms with E-state index in [0.717, 1.165) is 17.7 Å². The highest BCUT2D eigenvalue weighted by molar-refractivity contribution is 7.79. The number of benzene rings is 1. The van der Waals surface area contributed by atoms with Crippen LogP contribution in [0.15, 0.2) is 36.9 Å². The van der Waals surface area contributed by atoms with Crippen molar-refractivity contribution in [3.63, 3.8) is 0 Å². The number of hydrogen-bond acceptors (Lipinski definition) is 3. The molecule has 0 aliphatic heterocycles. The fourth-order valence-electron chi connectivity index (χ4n) is 1.12. The zero-order chi connectivity index (χ0) is 14.0. The van der Waals surface area contributed by atoms with E-state index in [4.69, 9.17) is 22.3 Å². The van der Waals surface area contributed by atoms with E-state index in [9.17, 15) is 5.11 Å². The van der Waals surface area contributed by atoms with Crippen LogP contribution in [-0.2, 0) is 21.9 Å². The molecule has 18 heavy (non-hydrogen) atoms.